The van der Waals surface area contributed by atoms with Crippen molar-refractivity contribution in [1.82, 2.24) is 0 Å². The molecule has 2 aliphatic rings. The van der Waals surface area contributed by atoms with Crippen molar-refractivity contribution in [2.75, 3.05) is 6.61 Å². The van der Waals surface area contributed by atoms with Crippen LogP contribution < -0.4 is 0 Å². The standard InChI is InChI=1S/C12H18O2/c1-9(7-10-5-3-4-6-10)11(13)12(2)8-14-12/h5,9H,3-4,6-8H2,1-2H3/t9-,12+/m0/s1. The van der Waals surface area contributed by atoms with Gasteiger partial charge in [0.15, 0.2) is 5.78 Å². The zero-order valence-corrected chi connectivity index (χ0v) is 9.01. The highest BCUT2D eigenvalue weighted by Gasteiger charge is 2.48. The van der Waals surface area contributed by atoms with Crippen LogP contribution in [0.1, 0.15) is 39.5 Å². The molecule has 0 amide bonds. The van der Waals surface area contributed by atoms with E-state index in [0.717, 1.165) is 6.42 Å². The summed E-state index contributed by atoms with van der Waals surface area (Å²) in [4.78, 5) is 11.9. The maximum Gasteiger partial charge on any atom is 0.169 e. The fourth-order valence-electron chi connectivity index (χ4n) is 2.18. The molecule has 0 aromatic heterocycles. The van der Waals surface area contributed by atoms with E-state index in [2.05, 4.69) is 6.08 Å². The summed E-state index contributed by atoms with van der Waals surface area (Å²) >= 11 is 0. The molecular formula is C12H18O2. The first-order valence-electron chi connectivity index (χ1n) is 5.48. The van der Waals surface area contributed by atoms with E-state index in [1.165, 1.54) is 24.8 Å². The van der Waals surface area contributed by atoms with Gasteiger partial charge in [0.05, 0.1) is 6.61 Å². The van der Waals surface area contributed by atoms with Crippen LogP contribution in [0.2, 0.25) is 0 Å². The highest BCUT2D eigenvalue weighted by Crippen LogP contribution is 2.33. The molecule has 14 heavy (non-hydrogen) atoms. The average molecular weight is 194 g/mol. The van der Waals surface area contributed by atoms with Crippen molar-refractivity contribution in [1.29, 1.82) is 0 Å². The second-order valence-electron chi connectivity index (χ2n) is 4.74. The molecule has 1 saturated heterocycles. The molecular weight excluding hydrogens is 176 g/mol. The van der Waals surface area contributed by atoms with Gasteiger partial charge in [-0.3, -0.25) is 4.79 Å². The second kappa shape index (κ2) is 3.50. The summed E-state index contributed by atoms with van der Waals surface area (Å²) in [5, 5.41) is 0. The van der Waals surface area contributed by atoms with Crippen molar-refractivity contribution in [3.8, 4) is 0 Å². The SMILES string of the molecule is C[C@@H](CC1=CCCC1)C(=O)[C@@]1(C)CO1. The van der Waals surface area contributed by atoms with Crippen molar-refractivity contribution < 1.29 is 9.53 Å². The Hall–Kier alpha value is -0.630. The van der Waals surface area contributed by atoms with E-state index in [9.17, 15) is 4.79 Å². The predicted molar refractivity (Wildman–Crippen MR) is 55.1 cm³/mol. The van der Waals surface area contributed by atoms with Crippen LogP contribution in [-0.4, -0.2) is 18.0 Å². The van der Waals surface area contributed by atoms with Crippen molar-refractivity contribution in [3.05, 3.63) is 11.6 Å². The summed E-state index contributed by atoms with van der Waals surface area (Å²) < 4.78 is 5.17. The van der Waals surface area contributed by atoms with Crippen LogP contribution in [0, 0.1) is 5.92 Å². The number of carbonyl (C=O) groups is 1. The Morgan fingerprint density at radius 3 is 2.93 bits per heavy atom. The second-order valence-corrected chi connectivity index (χ2v) is 4.74. The van der Waals surface area contributed by atoms with Gasteiger partial charge in [0.25, 0.3) is 0 Å². The summed E-state index contributed by atoms with van der Waals surface area (Å²) in [5.41, 5.74) is 1.04. The van der Waals surface area contributed by atoms with E-state index >= 15 is 0 Å². The number of rotatable bonds is 4. The first-order valence-corrected chi connectivity index (χ1v) is 5.48. The van der Waals surface area contributed by atoms with Gasteiger partial charge in [0.2, 0.25) is 0 Å². The summed E-state index contributed by atoms with van der Waals surface area (Å²) in [5.74, 6) is 0.414. The van der Waals surface area contributed by atoms with Gasteiger partial charge in [-0.15, -0.1) is 0 Å². The lowest BCUT2D eigenvalue weighted by Gasteiger charge is -2.13. The molecule has 0 spiro atoms. The highest BCUT2D eigenvalue weighted by molar-refractivity contribution is 5.91. The molecule has 2 heteroatoms. The van der Waals surface area contributed by atoms with Crippen LogP contribution >= 0.6 is 0 Å². The molecule has 1 aliphatic carbocycles. The quantitative estimate of drug-likeness (QED) is 0.508. The maximum atomic E-state index is 11.9. The van der Waals surface area contributed by atoms with Gasteiger partial charge in [-0.2, -0.15) is 0 Å². The van der Waals surface area contributed by atoms with Crippen LogP contribution in [0.15, 0.2) is 11.6 Å². The molecule has 0 bridgehead atoms. The molecule has 1 fully saturated rings. The van der Waals surface area contributed by atoms with E-state index in [0.29, 0.717) is 6.61 Å². The molecule has 1 aliphatic heterocycles. The van der Waals surface area contributed by atoms with Gasteiger partial charge in [-0.25, -0.2) is 0 Å². The third-order valence-electron chi connectivity index (χ3n) is 3.25. The lowest BCUT2D eigenvalue weighted by Crippen LogP contribution is -2.27. The fourth-order valence-corrected chi connectivity index (χ4v) is 2.18. The van der Waals surface area contributed by atoms with Crippen molar-refractivity contribution in [2.24, 2.45) is 5.92 Å². The van der Waals surface area contributed by atoms with Gasteiger partial charge >= 0.3 is 0 Å². The largest absolute Gasteiger partial charge is 0.362 e. The maximum absolute atomic E-state index is 11.9. The molecule has 0 saturated carbocycles. The Morgan fingerprint density at radius 1 is 1.71 bits per heavy atom. The molecule has 0 N–H and O–H groups in total. The zero-order valence-electron chi connectivity index (χ0n) is 9.01. The monoisotopic (exact) mass is 194 g/mol. The third-order valence-corrected chi connectivity index (χ3v) is 3.25. The zero-order chi connectivity index (χ0) is 10.2. The van der Waals surface area contributed by atoms with Crippen LogP contribution in [0.5, 0.6) is 0 Å². The van der Waals surface area contributed by atoms with Crippen LogP contribution in [0.25, 0.3) is 0 Å². The van der Waals surface area contributed by atoms with E-state index in [4.69, 9.17) is 4.74 Å². The molecule has 0 radical (unpaired) electrons. The van der Waals surface area contributed by atoms with Gasteiger partial charge in [-0.1, -0.05) is 18.6 Å². The smallest absolute Gasteiger partial charge is 0.169 e. The first-order chi connectivity index (χ1) is 6.62. The Labute approximate surface area is 85.3 Å². The lowest BCUT2D eigenvalue weighted by molar-refractivity contribution is -0.127. The number of ether oxygens (including phenoxy) is 1. The molecule has 0 aromatic carbocycles. The molecule has 1 heterocycles. The van der Waals surface area contributed by atoms with Crippen LogP contribution in [0.3, 0.4) is 0 Å². The average Bonchev–Trinajstić information content (AvgIpc) is 2.71. The summed E-state index contributed by atoms with van der Waals surface area (Å²) in [6.07, 6.45) is 6.89. The minimum atomic E-state index is -0.432. The number of allylic oxidation sites excluding steroid dienone is 2. The van der Waals surface area contributed by atoms with Gasteiger partial charge < -0.3 is 4.74 Å². The van der Waals surface area contributed by atoms with Crippen molar-refractivity contribution >= 4 is 5.78 Å². The first kappa shape index (κ1) is 9.91. The molecule has 2 nitrogen and oxygen atoms in total. The van der Waals surface area contributed by atoms with Gasteiger partial charge in [-0.05, 0) is 32.6 Å². The van der Waals surface area contributed by atoms with Gasteiger partial charge in [0.1, 0.15) is 5.60 Å². The number of carbonyl (C=O) groups excluding carboxylic acids is 1. The normalized spacial score (nSPS) is 32.6. The topological polar surface area (TPSA) is 29.6 Å². The predicted octanol–water partition coefficient (Wildman–Crippen LogP) is 2.48. The van der Waals surface area contributed by atoms with E-state index in [1.807, 2.05) is 13.8 Å². The summed E-state index contributed by atoms with van der Waals surface area (Å²) in [6.45, 7) is 4.54. The minimum absolute atomic E-state index is 0.131. The molecule has 78 valence electrons. The van der Waals surface area contributed by atoms with Crippen LogP contribution in [0.4, 0.5) is 0 Å². The van der Waals surface area contributed by atoms with E-state index in [-0.39, 0.29) is 11.7 Å². The van der Waals surface area contributed by atoms with Crippen LogP contribution in [-0.2, 0) is 9.53 Å². The molecule has 0 unspecified atom stereocenters. The van der Waals surface area contributed by atoms with Crippen molar-refractivity contribution in [2.45, 2.75) is 45.1 Å². The number of ketones is 1. The number of hydrogen-bond donors (Lipinski definition) is 0. The van der Waals surface area contributed by atoms with Crippen molar-refractivity contribution in [3.63, 3.8) is 0 Å². The third kappa shape index (κ3) is 1.90. The number of hydrogen-bond acceptors (Lipinski definition) is 2. The minimum Gasteiger partial charge on any atom is -0.362 e. The Balaban J connectivity index is 1.88. The fraction of sp³-hybridized carbons (Fsp3) is 0.750. The number of Topliss-reactive ketones (excluding diaryl/α,β-unsaturated/α-hetero) is 1. The summed E-state index contributed by atoms with van der Waals surface area (Å²) in [7, 11) is 0. The van der Waals surface area contributed by atoms with Gasteiger partial charge in [0, 0.05) is 5.92 Å². The Bertz CT molecular complexity index is 274. The molecule has 2 rings (SSSR count). The molecule has 0 aromatic rings. The lowest BCUT2D eigenvalue weighted by atomic mass is 9.90. The van der Waals surface area contributed by atoms with E-state index < -0.39 is 5.60 Å². The Kier molecular flexibility index (Phi) is 2.48. The molecule has 2 atom stereocenters. The van der Waals surface area contributed by atoms with E-state index in [1.54, 1.807) is 0 Å². The summed E-state index contributed by atoms with van der Waals surface area (Å²) in [6, 6.07) is 0. The highest BCUT2D eigenvalue weighted by atomic mass is 16.6. The Morgan fingerprint density at radius 2 is 2.43 bits per heavy atom. The number of epoxide rings is 1.